The third-order valence-corrected chi connectivity index (χ3v) is 2.73. The molecule has 1 heterocycles. The highest BCUT2D eigenvalue weighted by Gasteiger charge is 2.33. The molecule has 2 aromatic rings. The Morgan fingerprint density at radius 3 is 2.58 bits per heavy atom. The number of halogens is 3. The van der Waals surface area contributed by atoms with Crippen molar-refractivity contribution in [1.29, 1.82) is 0 Å². The molecule has 1 N–H and O–H groups in total. The predicted molar refractivity (Wildman–Crippen MR) is 66.1 cm³/mol. The Labute approximate surface area is 109 Å². The molecule has 0 unspecified atom stereocenters. The van der Waals surface area contributed by atoms with Gasteiger partial charge in [-0.25, -0.2) is 4.68 Å². The van der Waals surface area contributed by atoms with Crippen molar-refractivity contribution in [3.63, 3.8) is 0 Å². The van der Waals surface area contributed by atoms with Crippen molar-refractivity contribution in [3.05, 3.63) is 47.3 Å². The number of hydrogen-bond acceptors (Lipinski definition) is 2. The molecule has 0 saturated heterocycles. The molecule has 0 aliphatic heterocycles. The summed E-state index contributed by atoms with van der Waals surface area (Å²) >= 11 is 0. The first-order chi connectivity index (χ1) is 8.91. The Kier molecular flexibility index (Phi) is 3.61. The summed E-state index contributed by atoms with van der Waals surface area (Å²) in [4.78, 5) is 0. The molecular formula is C13H14F3N3. The highest BCUT2D eigenvalue weighted by Crippen LogP contribution is 2.28. The number of nitrogens with one attached hydrogen (secondary N) is 1. The molecule has 0 saturated carbocycles. The first kappa shape index (κ1) is 13.6. The molecule has 0 spiro atoms. The first-order valence-electron chi connectivity index (χ1n) is 5.79. The largest absolute Gasteiger partial charge is 0.435 e. The molecule has 1 aromatic carbocycles. The molecule has 19 heavy (non-hydrogen) atoms. The highest BCUT2D eigenvalue weighted by atomic mass is 19.4. The number of benzene rings is 1. The third kappa shape index (κ3) is 2.96. The number of hydrogen-bond donors (Lipinski definition) is 1. The van der Waals surface area contributed by atoms with Crippen molar-refractivity contribution in [1.82, 2.24) is 15.1 Å². The lowest BCUT2D eigenvalue weighted by molar-refractivity contribution is -0.141. The van der Waals surface area contributed by atoms with Gasteiger partial charge in [0, 0.05) is 12.7 Å². The van der Waals surface area contributed by atoms with Crippen molar-refractivity contribution >= 4 is 0 Å². The van der Waals surface area contributed by atoms with E-state index in [1.54, 1.807) is 13.1 Å². The summed E-state index contributed by atoms with van der Waals surface area (Å²) in [6, 6.07) is 6.53. The van der Waals surface area contributed by atoms with Crippen molar-refractivity contribution in [2.45, 2.75) is 19.6 Å². The fraction of sp³-hybridized carbons (Fsp3) is 0.308. The van der Waals surface area contributed by atoms with Gasteiger partial charge in [-0.3, -0.25) is 0 Å². The summed E-state index contributed by atoms with van der Waals surface area (Å²) in [5.41, 5.74) is 1.72. The van der Waals surface area contributed by atoms with Crippen LogP contribution in [0.5, 0.6) is 0 Å². The minimum Gasteiger partial charge on any atom is -0.316 e. The summed E-state index contributed by atoms with van der Waals surface area (Å²) in [5, 5.41) is 6.58. The zero-order chi connectivity index (χ0) is 14.0. The maximum Gasteiger partial charge on any atom is 0.435 e. The van der Waals surface area contributed by atoms with Crippen LogP contribution < -0.4 is 5.32 Å². The second kappa shape index (κ2) is 5.05. The van der Waals surface area contributed by atoms with Gasteiger partial charge in [0.2, 0.25) is 0 Å². The lowest BCUT2D eigenvalue weighted by Crippen LogP contribution is -2.11. The van der Waals surface area contributed by atoms with E-state index >= 15 is 0 Å². The standard InChI is InChI=1S/C13H14F3N3/c1-9-3-4-11(10(7-9)8-17-2)19-6-5-12(18-19)13(14,15)16/h3-7,17H,8H2,1-2H3. The molecule has 1 aromatic heterocycles. The topological polar surface area (TPSA) is 29.9 Å². The molecule has 0 aliphatic carbocycles. The summed E-state index contributed by atoms with van der Waals surface area (Å²) < 4.78 is 38.9. The number of aryl methyl sites for hydroxylation is 1. The average molecular weight is 269 g/mol. The summed E-state index contributed by atoms with van der Waals surface area (Å²) in [7, 11) is 1.79. The van der Waals surface area contributed by atoms with E-state index in [4.69, 9.17) is 0 Å². The number of alkyl halides is 3. The molecule has 6 heteroatoms. The fourth-order valence-corrected chi connectivity index (χ4v) is 1.88. The van der Waals surface area contributed by atoms with E-state index in [0.29, 0.717) is 12.2 Å². The molecule has 0 radical (unpaired) electrons. The molecule has 0 bridgehead atoms. The van der Waals surface area contributed by atoms with Gasteiger partial charge in [-0.2, -0.15) is 18.3 Å². The van der Waals surface area contributed by atoms with Crippen molar-refractivity contribution in [2.75, 3.05) is 7.05 Å². The zero-order valence-corrected chi connectivity index (χ0v) is 10.6. The molecule has 0 fully saturated rings. The fourth-order valence-electron chi connectivity index (χ4n) is 1.88. The van der Waals surface area contributed by atoms with E-state index < -0.39 is 11.9 Å². The molecule has 0 aliphatic rings. The van der Waals surface area contributed by atoms with Gasteiger partial charge in [0.15, 0.2) is 5.69 Å². The van der Waals surface area contributed by atoms with Crippen LogP contribution in [0, 0.1) is 6.92 Å². The number of nitrogens with zero attached hydrogens (tertiary/aromatic N) is 2. The van der Waals surface area contributed by atoms with Crippen LogP contribution in [0.15, 0.2) is 30.5 Å². The van der Waals surface area contributed by atoms with Crippen LogP contribution in [0.1, 0.15) is 16.8 Å². The van der Waals surface area contributed by atoms with Gasteiger partial charge in [0.05, 0.1) is 5.69 Å². The van der Waals surface area contributed by atoms with Gasteiger partial charge < -0.3 is 5.32 Å². The van der Waals surface area contributed by atoms with E-state index in [1.165, 1.54) is 10.9 Å². The van der Waals surface area contributed by atoms with Crippen LogP contribution in [-0.2, 0) is 12.7 Å². The molecule has 0 amide bonds. The zero-order valence-electron chi connectivity index (χ0n) is 10.6. The minimum atomic E-state index is -4.42. The monoisotopic (exact) mass is 269 g/mol. The number of aromatic nitrogens is 2. The second-order valence-corrected chi connectivity index (χ2v) is 4.31. The lowest BCUT2D eigenvalue weighted by Gasteiger charge is -2.10. The highest BCUT2D eigenvalue weighted by molar-refractivity contribution is 5.43. The van der Waals surface area contributed by atoms with Crippen LogP contribution >= 0.6 is 0 Å². The SMILES string of the molecule is CNCc1cc(C)ccc1-n1ccc(C(F)(F)F)n1. The van der Waals surface area contributed by atoms with Gasteiger partial charge in [-0.1, -0.05) is 17.7 Å². The Morgan fingerprint density at radius 2 is 2.00 bits per heavy atom. The molecule has 3 nitrogen and oxygen atoms in total. The second-order valence-electron chi connectivity index (χ2n) is 4.31. The van der Waals surface area contributed by atoms with Gasteiger partial charge in [-0.05, 0) is 31.7 Å². The van der Waals surface area contributed by atoms with Gasteiger partial charge >= 0.3 is 6.18 Å². The number of rotatable bonds is 3. The third-order valence-electron chi connectivity index (χ3n) is 2.73. The van der Waals surface area contributed by atoms with Crippen LogP contribution in [0.3, 0.4) is 0 Å². The van der Waals surface area contributed by atoms with Crippen molar-refractivity contribution in [3.8, 4) is 5.69 Å². The van der Waals surface area contributed by atoms with Crippen molar-refractivity contribution in [2.24, 2.45) is 0 Å². The first-order valence-corrected chi connectivity index (χ1v) is 5.79. The molecule has 102 valence electrons. The maximum absolute atomic E-state index is 12.5. The summed E-state index contributed by atoms with van der Waals surface area (Å²) in [5.74, 6) is 0. The van der Waals surface area contributed by atoms with Crippen LogP contribution in [0.4, 0.5) is 13.2 Å². The Bertz CT molecular complexity index is 573. The Hall–Kier alpha value is -1.82. The van der Waals surface area contributed by atoms with Gasteiger partial charge in [-0.15, -0.1) is 0 Å². The van der Waals surface area contributed by atoms with E-state index in [2.05, 4.69) is 10.4 Å². The Morgan fingerprint density at radius 1 is 1.26 bits per heavy atom. The normalized spacial score (nSPS) is 11.8. The lowest BCUT2D eigenvalue weighted by atomic mass is 10.1. The predicted octanol–water partition coefficient (Wildman–Crippen LogP) is 2.92. The average Bonchev–Trinajstić information content (AvgIpc) is 2.78. The van der Waals surface area contributed by atoms with Crippen LogP contribution in [0.2, 0.25) is 0 Å². The van der Waals surface area contributed by atoms with Gasteiger partial charge in [0.25, 0.3) is 0 Å². The molecule has 0 atom stereocenters. The maximum atomic E-state index is 12.5. The summed E-state index contributed by atoms with van der Waals surface area (Å²) in [6.45, 7) is 2.51. The minimum absolute atomic E-state index is 0.568. The molecule has 2 rings (SSSR count). The smallest absolute Gasteiger partial charge is 0.316 e. The van der Waals surface area contributed by atoms with Crippen molar-refractivity contribution < 1.29 is 13.2 Å². The van der Waals surface area contributed by atoms with Gasteiger partial charge in [0.1, 0.15) is 0 Å². The summed E-state index contributed by atoms with van der Waals surface area (Å²) in [6.07, 6.45) is -3.09. The van der Waals surface area contributed by atoms with E-state index in [9.17, 15) is 13.2 Å². The van der Waals surface area contributed by atoms with E-state index in [1.807, 2.05) is 19.1 Å². The molecular weight excluding hydrogens is 255 g/mol. The van der Waals surface area contributed by atoms with E-state index in [0.717, 1.165) is 17.2 Å². The Balaban J connectivity index is 2.44. The van der Waals surface area contributed by atoms with E-state index in [-0.39, 0.29) is 0 Å². The quantitative estimate of drug-likeness (QED) is 0.928. The van der Waals surface area contributed by atoms with Crippen LogP contribution in [0.25, 0.3) is 5.69 Å². The van der Waals surface area contributed by atoms with Crippen LogP contribution in [-0.4, -0.2) is 16.8 Å².